The summed E-state index contributed by atoms with van der Waals surface area (Å²) in [5.41, 5.74) is -0.198. The van der Waals surface area contributed by atoms with E-state index in [1.165, 1.54) is 67.4 Å². The van der Waals surface area contributed by atoms with E-state index in [2.05, 4.69) is 71.8 Å². The molecule has 0 radical (unpaired) electrons. The van der Waals surface area contributed by atoms with Gasteiger partial charge in [0.15, 0.2) is 0 Å². The van der Waals surface area contributed by atoms with Crippen LogP contribution in [0.1, 0.15) is 104 Å². The molecule has 28 nitrogen and oxygen atoms in total. The highest BCUT2D eigenvalue weighted by molar-refractivity contribution is 8.26. The number of carbonyl (C=O) groups is 1. The van der Waals surface area contributed by atoms with Crippen molar-refractivity contribution < 1.29 is 113 Å². The SMILES string of the molecule is CC(C)OP(=O)(F)OC(C)C.CC(C)OP(C)(=O)F.CC(OP(C)(=O)F)C(C)(C)C.CCOP(=O)(Cl)OCC.CCOP(=S)(OCC)Oc1ccc([N+](=O)[O-])cc1.COP(=S)(OC)Oc1ccc([N+](=O)[O-])cc1.O=C(Cl)Cl.O=S(Cl)Cl.[C-]#[N+]P(=O)(OCC)N(C)C. The van der Waals surface area contributed by atoms with Crippen molar-refractivity contribution in [2.45, 2.75) is 128 Å². The maximum absolute atomic E-state index is 12.7. The van der Waals surface area contributed by atoms with Crippen molar-refractivity contribution in [3.63, 3.8) is 0 Å². The molecule has 0 spiro atoms. The van der Waals surface area contributed by atoms with E-state index >= 15 is 0 Å². The Bertz CT molecular complexity index is 2700. The van der Waals surface area contributed by atoms with Crippen LogP contribution in [0.25, 0.3) is 4.62 Å². The number of benzene rings is 2. The summed E-state index contributed by atoms with van der Waals surface area (Å²) in [6.07, 6.45) is -1.48. The van der Waals surface area contributed by atoms with Gasteiger partial charge in [0.1, 0.15) is 11.5 Å². The summed E-state index contributed by atoms with van der Waals surface area (Å²) in [6, 6.07) is 11.1. The predicted octanol–water partition coefficient (Wildman–Crippen LogP) is 20.8. The molecule has 0 N–H and O–H groups in total. The molecule has 0 saturated heterocycles. The van der Waals surface area contributed by atoms with Crippen LogP contribution in [0.15, 0.2) is 48.5 Å². The molecule has 46 heteroatoms. The third-order valence-electron chi connectivity index (χ3n) is 7.69. The van der Waals surface area contributed by atoms with Crippen molar-refractivity contribution in [2.75, 3.05) is 74.7 Å². The minimum Gasteiger partial charge on any atom is -0.424 e. The molecule has 0 aliphatic heterocycles. The smallest absolute Gasteiger partial charge is 0.424 e. The third-order valence-corrected chi connectivity index (χ3v) is 19.0. The molecule has 0 heterocycles. The largest absolute Gasteiger partial charge is 0.619 e. The van der Waals surface area contributed by atoms with E-state index in [1.54, 1.807) is 97.2 Å². The van der Waals surface area contributed by atoms with Crippen molar-refractivity contribution in [2.24, 2.45) is 5.41 Å². The van der Waals surface area contributed by atoms with Gasteiger partial charge in [-0.05, 0) is 136 Å². The molecule has 0 amide bonds. The molecular weight excluding hydrogens is 1530 g/mol. The molecule has 538 valence electrons. The summed E-state index contributed by atoms with van der Waals surface area (Å²) < 4.78 is 166. The Balaban J connectivity index is -0.000000180. The molecule has 0 aromatic heterocycles. The molecule has 2 rings (SSSR count). The minimum atomic E-state index is -4.30. The van der Waals surface area contributed by atoms with Gasteiger partial charge >= 0.3 is 56.0 Å². The Morgan fingerprint density at radius 3 is 1.07 bits per heavy atom. The first-order chi connectivity index (χ1) is 41.0. The fourth-order valence-corrected chi connectivity index (χ4v) is 12.0. The van der Waals surface area contributed by atoms with E-state index in [-0.39, 0.29) is 29.0 Å². The first kappa shape index (κ1) is 104. The van der Waals surface area contributed by atoms with Crippen LogP contribution in [0.2, 0.25) is 0 Å². The number of nitro benzene ring substituents is 2. The van der Waals surface area contributed by atoms with Gasteiger partial charge in [0.2, 0.25) is 9.23 Å². The van der Waals surface area contributed by atoms with Gasteiger partial charge in [0.05, 0.1) is 67.3 Å². The monoisotopic (exact) mass is 1610 g/mol. The zero-order valence-corrected chi connectivity index (χ0v) is 66.4. The van der Waals surface area contributed by atoms with E-state index in [0.717, 1.165) is 13.3 Å². The zero-order chi connectivity index (χ0) is 73.6. The van der Waals surface area contributed by atoms with Gasteiger partial charge in [0, 0.05) is 122 Å². The normalized spacial score (nSPS) is 13.5. The Kier molecular flexibility index (Phi) is 61.9. The van der Waals surface area contributed by atoms with Crippen LogP contribution in [0, 0.1) is 32.2 Å². The van der Waals surface area contributed by atoms with Gasteiger partial charge in [-0.1, -0.05) is 20.8 Å². The fourth-order valence-electron chi connectivity index (χ4n) is 4.16. The van der Waals surface area contributed by atoms with Crippen molar-refractivity contribution >= 4 is 156 Å². The van der Waals surface area contributed by atoms with Gasteiger partial charge in [-0.25, -0.2) is 24.5 Å². The second-order valence-electron chi connectivity index (χ2n) is 17.8. The lowest BCUT2D eigenvalue weighted by molar-refractivity contribution is -0.385. The topological polar surface area (TPSA) is 333 Å². The number of halogens is 8. The zero-order valence-electron chi connectivity index (χ0n) is 53.9. The second kappa shape index (κ2) is 54.3. The van der Waals surface area contributed by atoms with E-state index in [9.17, 15) is 55.6 Å². The average Bonchev–Trinajstić information content (AvgIpc) is 1.82. The van der Waals surface area contributed by atoms with Gasteiger partial charge in [-0.15, -0.1) is 4.20 Å². The highest BCUT2D eigenvalue weighted by atomic mass is 36.0. The molecule has 4 atom stereocenters. The Morgan fingerprint density at radius 2 is 0.901 bits per heavy atom. The predicted molar refractivity (Wildman–Crippen MR) is 363 cm³/mol. The quantitative estimate of drug-likeness (QED) is 0.0264. The van der Waals surface area contributed by atoms with Crippen LogP contribution in [0.3, 0.4) is 0 Å². The number of hydrogen-bond donors (Lipinski definition) is 0. The van der Waals surface area contributed by atoms with Crippen LogP contribution in [0.5, 0.6) is 11.5 Å². The van der Waals surface area contributed by atoms with E-state index in [4.69, 9.17) is 86.6 Å². The van der Waals surface area contributed by atoms with Gasteiger partial charge in [-0.3, -0.25) is 65.8 Å². The summed E-state index contributed by atoms with van der Waals surface area (Å²) in [5, 5.41) is 20.9. The average molecular weight is 1610 g/mol. The summed E-state index contributed by atoms with van der Waals surface area (Å²) in [7, 11) is -1.74. The van der Waals surface area contributed by atoms with Crippen LogP contribution >= 0.6 is 107 Å². The lowest BCUT2D eigenvalue weighted by atomic mass is 9.91. The van der Waals surface area contributed by atoms with Crippen LogP contribution < -0.4 is 9.05 Å². The molecule has 2 aromatic carbocycles. The van der Waals surface area contributed by atoms with Gasteiger partial charge in [-0.2, -0.15) is 17.6 Å². The van der Waals surface area contributed by atoms with Crippen molar-refractivity contribution in [1.82, 2.24) is 4.67 Å². The number of nitro groups is 2. The third kappa shape index (κ3) is 70.5. The molecule has 91 heavy (non-hydrogen) atoms. The lowest BCUT2D eigenvalue weighted by Crippen LogP contribution is -2.24. The maximum atomic E-state index is 12.7. The maximum Gasteiger partial charge on any atom is 0.619 e. The minimum absolute atomic E-state index is 0.0107. The van der Waals surface area contributed by atoms with Crippen LogP contribution in [-0.2, 0) is 105 Å². The van der Waals surface area contributed by atoms with Crippen LogP contribution in [0.4, 0.5) is 28.8 Å². The standard InChI is InChI=1S/C10H14NO5PS.C8H10NO5PS.C7H16FO2P.C6H14FO3P.C5H11N2O2P.C4H10ClO3P.C4H10FO2P.CCl2O.Cl2OS/c1-3-14-17(18,15-4-2)16-10-7-5-9(6-8-10)11(12)13;1-12-15(16,13-2)14-8-5-3-7(4-6-8)9(10)11;1-6(7(2,3)4)10-11(5,8)9;1-5(2)9-11(7,8)10-6(3)4;1-5-9-10(8,6-2)7(3)4;1-3-7-9(5,6)8-4-2;1-4(2)7-8(3,5)6;2-1(3)4;1-4(2)3/h5-8H,3-4H2,1-2H3;3-6H,1-2H3;6H,1-5H3;5-6H,1-4H3;5H2,1,3-4H3;3-4H2,1-2H3;4H,1-3H3;;. The number of hydrogen-bond acceptors (Lipinski definition) is 26. The first-order valence-corrected chi connectivity index (χ1v) is 43.6. The summed E-state index contributed by atoms with van der Waals surface area (Å²) >= 11 is 24.2. The van der Waals surface area contributed by atoms with Crippen LogP contribution in [-0.4, -0.2) is 123 Å². The Labute approximate surface area is 569 Å². The number of non-ortho nitro benzene ring substituents is 2. The van der Waals surface area contributed by atoms with E-state index in [0.29, 0.717) is 44.5 Å². The molecule has 2 aromatic rings. The number of rotatable bonds is 27. The molecule has 0 bridgehead atoms. The highest BCUT2D eigenvalue weighted by Gasteiger charge is 2.34. The molecular formula is C45H85Cl5F3N4O24P7S3. The molecule has 0 aliphatic carbocycles. The Hall–Kier alpha value is -0.640. The highest BCUT2D eigenvalue weighted by Crippen LogP contribution is 2.54. The molecule has 0 fully saturated rings. The number of carbonyl (C=O) groups excluding carboxylic acids is 1. The van der Waals surface area contributed by atoms with Gasteiger partial charge in [0.25, 0.3) is 11.4 Å². The number of nitrogens with zero attached hydrogens (tertiary/aromatic N) is 4. The first-order valence-electron chi connectivity index (χ1n) is 25.6. The van der Waals surface area contributed by atoms with Crippen molar-refractivity contribution in [3.8, 4) is 11.5 Å². The molecule has 0 aliphatic rings. The lowest BCUT2D eigenvalue weighted by Gasteiger charge is -2.27. The van der Waals surface area contributed by atoms with E-state index in [1.807, 2.05) is 20.8 Å². The molecule has 4 unspecified atom stereocenters. The summed E-state index contributed by atoms with van der Waals surface area (Å²) in [5.74, 6) is 0.767. The molecule has 0 saturated carbocycles. The van der Waals surface area contributed by atoms with E-state index < -0.39 is 87.3 Å². The van der Waals surface area contributed by atoms with Crippen molar-refractivity contribution in [3.05, 3.63) is 79.9 Å². The van der Waals surface area contributed by atoms with Gasteiger partial charge < -0.3 is 27.1 Å². The fraction of sp³-hybridized carbons (Fsp3) is 0.689. The summed E-state index contributed by atoms with van der Waals surface area (Å²) in [4.78, 5) is 28.9. The second-order valence-corrected chi connectivity index (χ2v) is 36.9. The Morgan fingerprint density at radius 1 is 0.626 bits per heavy atom. The summed E-state index contributed by atoms with van der Waals surface area (Å²) in [6.45, 7) is 27.2. The van der Waals surface area contributed by atoms with Crippen molar-refractivity contribution in [1.29, 1.82) is 0 Å².